The van der Waals surface area contributed by atoms with E-state index in [1.807, 2.05) is 31.2 Å². The first-order chi connectivity index (χ1) is 5.74. The summed E-state index contributed by atoms with van der Waals surface area (Å²) in [4.78, 5) is 1.06. The summed E-state index contributed by atoms with van der Waals surface area (Å²) >= 11 is 1.61. The number of nitrogens with two attached hydrogens (primary N) is 1. The van der Waals surface area contributed by atoms with Crippen LogP contribution in [-0.2, 0) is 0 Å². The van der Waals surface area contributed by atoms with Gasteiger partial charge in [0, 0.05) is 10.6 Å². The van der Waals surface area contributed by atoms with E-state index >= 15 is 0 Å². The third-order valence-corrected chi connectivity index (χ3v) is 2.57. The lowest BCUT2D eigenvalue weighted by Crippen LogP contribution is -1.93. The number of rotatable bonds is 2. The van der Waals surface area contributed by atoms with Gasteiger partial charge in [-0.2, -0.15) is 0 Å². The van der Waals surface area contributed by atoms with E-state index in [-0.39, 0.29) is 5.25 Å². The number of thioether (sulfide) groups is 1. The lowest BCUT2D eigenvalue weighted by atomic mass is 10.3. The number of para-hydroxylation sites is 1. The molecule has 0 fully saturated rings. The lowest BCUT2D eigenvalue weighted by Gasteiger charge is -2.06. The first-order valence-corrected chi connectivity index (χ1v) is 4.59. The van der Waals surface area contributed by atoms with Crippen molar-refractivity contribution in [2.24, 2.45) is 0 Å². The number of terminal acetylenes is 1. The van der Waals surface area contributed by atoms with Gasteiger partial charge in [0.1, 0.15) is 0 Å². The van der Waals surface area contributed by atoms with Crippen molar-refractivity contribution < 1.29 is 0 Å². The summed E-state index contributed by atoms with van der Waals surface area (Å²) < 4.78 is 0. The van der Waals surface area contributed by atoms with E-state index in [2.05, 4.69) is 5.92 Å². The minimum absolute atomic E-state index is 0.176. The molecule has 1 atom stereocenters. The number of hydrogen-bond acceptors (Lipinski definition) is 2. The highest BCUT2D eigenvalue weighted by atomic mass is 32.2. The maximum absolute atomic E-state index is 5.73. The van der Waals surface area contributed by atoms with Crippen LogP contribution in [0.15, 0.2) is 29.2 Å². The van der Waals surface area contributed by atoms with Crippen molar-refractivity contribution in [3.8, 4) is 12.3 Å². The fourth-order valence-electron chi connectivity index (χ4n) is 0.812. The molecule has 1 aromatic rings. The minimum atomic E-state index is 0.176. The molecule has 0 saturated carbocycles. The van der Waals surface area contributed by atoms with E-state index in [1.54, 1.807) is 11.8 Å². The monoisotopic (exact) mass is 177 g/mol. The molecule has 0 bridgehead atoms. The second kappa shape index (κ2) is 4.08. The van der Waals surface area contributed by atoms with Crippen LogP contribution in [0.4, 0.5) is 5.69 Å². The van der Waals surface area contributed by atoms with E-state index in [0.717, 1.165) is 10.6 Å². The van der Waals surface area contributed by atoms with Crippen LogP contribution in [0.3, 0.4) is 0 Å². The Labute approximate surface area is 77.4 Å². The van der Waals surface area contributed by atoms with E-state index in [1.165, 1.54) is 0 Å². The molecule has 0 radical (unpaired) electrons. The second-order valence-corrected chi connectivity index (χ2v) is 3.85. The van der Waals surface area contributed by atoms with Crippen LogP contribution < -0.4 is 5.73 Å². The molecule has 0 saturated heterocycles. The van der Waals surface area contributed by atoms with Gasteiger partial charge in [-0.15, -0.1) is 18.2 Å². The van der Waals surface area contributed by atoms with Crippen LogP contribution >= 0.6 is 11.8 Å². The molecule has 1 unspecified atom stereocenters. The molecule has 0 aromatic heterocycles. The average Bonchev–Trinajstić information content (AvgIpc) is 2.09. The molecule has 0 amide bonds. The predicted molar refractivity (Wildman–Crippen MR) is 55.0 cm³/mol. The SMILES string of the molecule is C#CC(C)Sc1ccccc1N. The highest BCUT2D eigenvalue weighted by Crippen LogP contribution is 2.27. The van der Waals surface area contributed by atoms with Gasteiger partial charge in [0.25, 0.3) is 0 Å². The Balaban J connectivity index is 2.77. The Bertz CT molecular complexity index is 301. The van der Waals surface area contributed by atoms with Gasteiger partial charge in [-0.1, -0.05) is 18.1 Å². The zero-order valence-electron chi connectivity index (χ0n) is 6.95. The molecule has 2 N–H and O–H groups in total. The summed E-state index contributed by atoms with van der Waals surface area (Å²) in [5.74, 6) is 2.65. The summed E-state index contributed by atoms with van der Waals surface area (Å²) in [6.07, 6.45) is 5.26. The van der Waals surface area contributed by atoms with Crippen LogP contribution in [-0.4, -0.2) is 5.25 Å². The molecule has 62 valence electrons. The van der Waals surface area contributed by atoms with Gasteiger partial charge in [0.05, 0.1) is 5.25 Å². The average molecular weight is 177 g/mol. The number of benzene rings is 1. The van der Waals surface area contributed by atoms with Gasteiger partial charge >= 0.3 is 0 Å². The van der Waals surface area contributed by atoms with Crippen LogP contribution in [0.5, 0.6) is 0 Å². The zero-order valence-corrected chi connectivity index (χ0v) is 7.77. The smallest absolute Gasteiger partial charge is 0.0674 e. The molecule has 1 nitrogen and oxygen atoms in total. The maximum atomic E-state index is 5.73. The topological polar surface area (TPSA) is 26.0 Å². The summed E-state index contributed by atoms with van der Waals surface area (Å²) in [5.41, 5.74) is 6.53. The van der Waals surface area contributed by atoms with Crippen LogP contribution in [0.1, 0.15) is 6.92 Å². The zero-order chi connectivity index (χ0) is 8.97. The first-order valence-electron chi connectivity index (χ1n) is 3.71. The fraction of sp³-hybridized carbons (Fsp3) is 0.200. The maximum Gasteiger partial charge on any atom is 0.0674 e. The van der Waals surface area contributed by atoms with Gasteiger partial charge in [-0.05, 0) is 19.1 Å². The molecule has 0 heterocycles. The van der Waals surface area contributed by atoms with E-state index in [9.17, 15) is 0 Å². The Kier molecular flexibility index (Phi) is 3.07. The second-order valence-electron chi connectivity index (χ2n) is 2.46. The Morgan fingerprint density at radius 2 is 2.17 bits per heavy atom. The van der Waals surface area contributed by atoms with Crippen LogP contribution in [0.25, 0.3) is 0 Å². The molecular formula is C10H11NS. The number of nitrogen functional groups attached to an aromatic ring is 1. The minimum Gasteiger partial charge on any atom is -0.398 e. The Morgan fingerprint density at radius 3 is 2.75 bits per heavy atom. The molecule has 0 aliphatic carbocycles. The summed E-state index contributed by atoms with van der Waals surface area (Å²) in [7, 11) is 0. The van der Waals surface area contributed by atoms with Crippen LogP contribution in [0, 0.1) is 12.3 Å². The van der Waals surface area contributed by atoms with E-state index in [4.69, 9.17) is 12.2 Å². The number of anilines is 1. The van der Waals surface area contributed by atoms with Crippen LogP contribution in [0.2, 0.25) is 0 Å². The van der Waals surface area contributed by atoms with Crippen molar-refractivity contribution in [3.05, 3.63) is 24.3 Å². The number of hydrogen-bond donors (Lipinski definition) is 1. The molecule has 2 heteroatoms. The molecule has 12 heavy (non-hydrogen) atoms. The van der Waals surface area contributed by atoms with Crippen molar-refractivity contribution in [2.45, 2.75) is 17.1 Å². The predicted octanol–water partition coefficient (Wildman–Crippen LogP) is 2.38. The summed E-state index contributed by atoms with van der Waals surface area (Å²) in [6, 6.07) is 7.74. The molecule has 1 aromatic carbocycles. The van der Waals surface area contributed by atoms with E-state index in [0.29, 0.717) is 0 Å². The van der Waals surface area contributed by atoms with Crippen molar-refractivity contribution >= 4 is 17.4 Å². The molecule has 0 aliphatic rings. The van der Waals surface area contributed by atoms with Crippen molar-refractivity contribution in [1.82, 2.24) is 0 Å². The summed E-state index contributed by atoms with van der Waals surface area (Å²) in [6.45, 7) is 1.98. The largest absolute Gasteiger partial charge is 0.398 e. The molecule has 1 rings (SSSR count). The third-order valence-electron chi connectivity index (χ3n) is 1.46. The third kappa shape index (κ3) is 2.21. The first kappa shape index (κ1) is 9.02. The van der Waals surface area contributed by atoms with Crippen molar-refractivity contribution in [2.75, 3.05) is 5.73 Å². The highest BCUT2D eigenvalue weighted by molar-refractivity contribution is 8.00. The fourth-order valence-corrected chi connectivity index (χ4v) is 1.62. The van der Waals surface area contributed by atoms with E-state index < -0.39 is 0 Å². The Morgan fingerprint density at radius 1 is 1.50 bits per heavy atom. The lowest BCUT2D eigenvalue weighted by molar-refractivity contribution is 1.29. The Hall–Kier alpha value is -1.07. The quantitative estimate of drug-likeness (QED) is 0.426. The summed E-state index contributed by atoms with van der Waals surface area (Å²) in [5, 5.41) is 0.176. The molecular weight excluding hydrogens is 166 g/mol. The molecule has 0 aliphatic heterocycles. The molecule has 0 spiro atoms. The highest BCUT2D eigenvalue weighted by Gasteiger charge is 2.02. The van der Waals surface area contributed by atoms with Gasteiger partial charge in [0.2, 0.25) is 0 Å². The standard InChI is InChI=1S/C10H11NS/c1-3-8(2)12-10-7-5-4-6-9(10)11/h1,4-8H,11H2,2H3. The van der Waals surface area contributed by atoms with Gasteiger partial charge in [-0.25, -0.2) is 0 Å². The van der Waals surface area contributed by atoms with Crippen molar-refractivity contribution in [1.29, 1.82) is 0 Å². The normalized spacial score (nSPS) is 12.0. The van der Waals surface area contributed by atoms with Crippen molar-refractivity contribution in [3.63, 3.8) is 0 Å². The van der Waals surface area contributed by atoms with Gasteiger partial charge < -0.3 is 5.73 Å². The van der Waals surface area contributed by atoms with Gasteiger partial charge in [0.15, 0.2) is 0 Å². The van der Waals surface area contributed by atoms with Gasteiger partial charge in [-0.3, -0.25) is 0 Å².